The van der Waals surface area contributed by atoms with Crippen molar-refractivity contribution >= 4 is 19.9 Å². The van der Waals surface area contributed by atoms with E-state index in [1.807, 2.05) is 11.0 Å². The molecule has 0 saturated heterocycles. The van der Waals surface area contributed by atoms with Crippen LogP contribution in [0.15, 0.2) is 42.7 Å². The number of pyridine rings is 1. The zero-order chi connectivity index (χ0) is 27.8. The van der Waals surface area contributed by atoms with Gasteiger partial charge in [0.1, 0.15) is 13.8 Å². The van der Waals surface area contributed by atoms with Gasteiger partial charge in [0.05, 0.1) is 19.3 Å². The van der Waals surface area contributed by atoms with E-state index in [1.54, 1.807) is 31.6 Å². The highest BCUT2D eigenvalue weighted by atomic mass is 28.3. The maximum absolute atomic E-state index is 13.9. The van der Waals surface area contributed by atoms with E-state index in [-0.39, 0.29) is 35.0 Å². The van der Waals surface area contributed by atoms with Gasteiger partial charge < -0.3 is 15.0 Å². The minimum atomic E-state index is -1.73. The Morgan fingerprint density at radius 2 is 1.87 bits per heavy atom. The van der Waals surface area contributed by atoms with Crippen molar-refractivity contribution in [2.75, 3.05) is 13.7 Å². The van der Waals surface area contributed by atoms with Crippen LogP contribution in [0, 0.1) is 16.9 Å². The van der Waals surface area contributed by atoms with Gasteiger partial charge in [-0.15, -0.1) is 5.54 Å². The Morgan fingerprint density at radius 3 is 2.51 bits per heavy atom. The first kappa shape index (κ1) is 27.4. The molecule has 206 valence electrons. The average molecular weight is 545 g/mol. The van der Waals surface area contributed by atoms with E-state index in [2.05, 4.69) is 65.8 Å². The van der Waals surface area contributed by atoms with E-state index in [4.69, 9.17) is 4.74 Å². The third kappa shape index (κ3) is 5.35. The van der Waals surface area contributed by atoms with Crippen molar-refractivity contribution in [2.24, 2.45) is 5.41 Å². The van der Waals surface area contributed by atoms with Crippen LogP contribution in [-0.2, 0) is 11.2 Å². The molecule has 2 heterocycles. The van der Waals surface area contributed by atoms with Crippen LogP contribution in [0.3, 0.4) is 0 Å². The Labute approximate surface area is 233 Å². The van der Waals surface area contributed by atoms with Crippen molar-refractivity contribution in [1.82, 2.24) is 20.5 Å². The van der Waals surface area contributed by atoms with E-state index in [0.29, 0.717) is 12.0 Å². The SMILES string of the molecule is CCCCN[C@H]1Cc2cc(OC)ccc2C(C23CC(NC(=O)c4ccncc4)(C2)C3)N1C(=O)C#C[Si](C)(C)C. The molecule has 2 aromatic rings. The molecule has 7 nitrogen and oxygen atoms in total. The van der Waals surface area contributed by atoms with Gasteiger partial charge in [-0.2, -0.15) is 0 Å². The Hall–Kier alpha value is -3.15. The number of aromatic nitrogens is 1. The first-order chi connectivity index (χ1) is 18.6. The zero-order valence-corrected chi connectivity index (χ0v) is 24.8. The number of hydrogen-bond acceptors (Lipinski definition) is 5. The fourth-order valence-corrected chi connectivity index (χ4v) is 7.18. The van der Waals surface area contributed by atoms with Crippen LogP contribution >= 0.6 is 0 Å². The quantitative estimate of drug-likeness (QED) is 0.291. The van der Waals surface area contributed by atoms with Gasteiger partial charge in [0.15, 0.2) is 0 Å². The average Bonchev–Trinajstić information content (AvgIpc) is 2.87. The van der Waals surface area contributed by atoms with E-state index in [9.17, 15) is 9.59 Å². The third-order valence-electron chi connectivity index (χ3n) is 8.33. The van der Waals surface area contributed by atoms with Crippen molar-refractivity contribution in [2.45, 2.75) is 82.8 Å². The largest absolute Gasteiger partial charge is 0.497 e. The van der Waals surface area contributed by atoms with E-state index in [0.717, 1.165) is 44.4 Å². The number of carbonyl (C=O) groups is 2. The number of benzene rings is 1. The number of rotatable bonds is 8. The fourth-order valence-electron chi connectivity index (χ4n) is 6.70. The number of nitrogens with one attached hydrogen (secondary N) is 2. The van der Waals surface area contributed by atoms with Crippen molar-refractivity contribution < 1.29 is 14.3 Å². The fraction of sp³-hybridized carbons (Fsp3) is 0.516. The molecule has 0 spiro atoms. The van der Waals surface area contributed by atoms with E-state index in [1.165, 1.54) is 11.1 Å². The van der Waals surface area contributed by atoms with Crippen molar-refractivity contribution in [3.05, 3.63) is 59.4 Å². The number of unbranched alkanes of at least 4 members (excludes halogenated alkanes) is 1. The van der Waals surface area contributed by atoms with Crippen molar-refractivity contribution in [3.8, 4) is 17.2 Å². The van der Waals surface area contributed by atoms with Crippen LogP contribution in [0.4, 0.5) is 0 Å². The highest BCUT2D eigenvalue weighted by molar-refractivity contribution is 6.84. The summed E-state index contributed by atoms with van der Waals surface area (Å²) in [5.74, 6) is 3.72. The first-order valence-corrected chi connectivity index (χ1v) is 17.6. The second-order valence-corrected chi connectivity index (χ2v) is 17.3. The summed E-state index contributed by atoms with van der Waals surface area (Å²) in [5.41, 5.74) is 6.03. The molecule has 2 atom stereocenters. The summed E-state index contributed by atoms with van der Waals surface area (Å²) < 4.78 is 5.57. The predicted octanol–water partition coefficient (Wildman–Crippen LogP) is 4.47. The molecule has 39 heavy (non-hydrogen) atoms. The maximum Gasteiger partial charge on any atom is 0.299 e. The summed E-state index contributed by atoms with van der Waals surface area (Å²) >= 11 is 0. The van der Waals surface area contributed by atoms with Gasteiger partial charge in [-0.1, -0.05) is 39.1 Å². The number of methoxy groups -OCH3 is 1. The van der Waals surface area contributed by atoms with Crippen LogP contribution in [0.25, 0.3) is 0 Å². The highest BCUT2D eigenvalue weighted by Crippen LogP contribution is 2.74. The lowest BCUT2D eigenvalue weighted by atomic mass is 9.36. The van der Waals surface area contributed by atoms with Gasteiger partial charge in [-0.25, -0.2) is 0 Å². The monoisotopic (exact) mass is 544 g/mol. The van der Waals surface area contributed by atoms with Crippen LogP contribution < -0.4 is 15.4 Å². The summed E-state index contributed by atoms with van der Waals surface area (Å²) in [6.07, 6.45) is 8.53. The molecule has 8 heteroatoms. The highest BCUT2D eigenvalue weighted by Gasteiger charge is 2.73. The lowest BCUT2D eigenvalue weighted by Crippen LogP contribution is -2.78. The van der Waals surface area contributed by atoms with Crippen LogP contribution in [-0.4, -0.2) is 55.1 Å². The summed E-state index contributed by atoms with van der Waals surface area (Å²) in [5, 5.41) is 6.99. The molecular formula is C31H40N4O3Si. The van der Waals surface area contributed by atoms with E-state index < -0.39 is 8.07 Å². The smallest absolute Gasteiger partial charge is 0.299 e. The number of ether oxygens (including phenoxy) is 1. The van der Waals surface area contributed by atoms with Crippen molar-refractivity contribution in [3.63, 3.8) is 0 Å². The Bertz CT molecular complexity index is 1290. The lowest BCUT2D eigenvalue weighted by molar-refractivity contribution is -0.205. The molecule has 2 N–H and O–H groups in total. The molecule has 3 saturated carbocycles. The topological polar surface area (TPSA) is 83.6 Å². The Morgan fingerprint density at radius 1 is 1.15 bits per heavy atom. The van der Waals surface area contributed by atoms with Gasteiger partial charge in [-0.05, 0) is 73.5 Å². The molecule has 2 bridgehead atoms. The summed E-state index contributed by atoms with van der Waals surface area (Å²) in [6, 6.07) is 9.64. The number of fused-ring (bicyclic) bond motifs is 1. The van der Waals surface area contributed by atoms with Crippen LogP contribution in [0.5, 0.6) is 5.75 Å². The van der Waals surface area contributed by atoms with Crippen molar-refractivity contribution in [1.29, 1.82) is 0 Å². The number of hydrogen-bond donors (Lipinski definition) is 2. The molecule has 0 radical (unpaired) electrons. The predicted molar refractivity (Wildman–Crippen MR) is 155 cm³/mol. The molecule has 1 aromatic heterocycles. The molecule has 2 amide bonds. The Kier molecular flexibility index (Phi) is 7.34. The third-order valence-corrected chi connectivity index (χ3v) is 9.21. The van der Waals surface area contributed by atoms with Crippen LogP contribution in [0.2, 0.25) is 19.6 Å². The minimum absolute atomic E-state index is 0.0625. The maximum atomic E-state index is 13.9. The molecule has 3 fully saturated rings. The molecule has 4 aliphatic rings. The van der Waals surface area contributed by atoms with Gasteiger partial charge in [-0.3, -0.25) is 19.9 Å². The molecule has 1 aromatic carbocycles. The molecular weight excluding hydrogens is 504 g/mol. The standard InChI is InChI=1S/C31H40N4O3Si/c1-6-7-13-33-26-18-23-17-24(38-2)8-9-25(23)28(35(26)27(36)12-16-39(3,4)5)30-19-31(20-30,21-30)34-29(37)22-10-14-32-15-11-22/h8-11,14-15,17,26,28,33H,6-7,13,18-21H2,1-5H3,(H,34,37)/t26-,28?,30?,31?/m1/s1. The number of nitrogens with zero attached hydrogens (tertiary/aromatic N) is 2. The number of amides is 2. The second kappa shape index (κ2) is 10.4. The van der Waals surface area contributed by atoms with Gasteiger partial charge in [0, 0.05) is 35.3 Å². The summed E-state index contributed by atoms with van der Waals surface area (Å²) in [6.45, 7) is 9.51. The summed E-state index contributed by atoms with van der Waals surface area (Å²) in [4.78, 5) is 32.9. The van der Waals surface area contributed by atoms with Gasteiger partial charge >= 0.3 is 0 Å². The molecule has 6 rings (SSSR count). The van der Waals surface area contributed by atoms with E-state index >= 15 is 0 Å². The summed E-state index contributed by atoms with van der Waals surface area (Å²) in [7, 11) is -0.0417. The van der Waals surface area contributed by atoms with Gasteiger partial charge in [0.25, 0.3) is 11.8 Å². The molecule has 1 aliphatic heterocycles. The molecule has 1 unspecified atom stereocenters. The first-order valence-electron chi connectivity index (χ1n) is 14.1. The lowest BCUT2D eigenvalue weighted by Gasteiger charge is -2.74. The Balaban J connectivity index is 1.47. The minimum Gasteiger partial charge on any atom is -0.497 e. The second-order valence-electron chi connectivity index (χ2n) is 12.6. The number of carbonyl (C=O) groups excluding carboxylic acids is 2. The zero-order valence-electron chi connectivity index (χ0n) is 23.8. The molecule has 3 aliphatic carbocycles. The van der Waals surface area contributed by atoms with Gasteiger partial charge in [0.2, 0.25) is 0 Å². The van der Waals surface area contributed by atoms with Crippen LogP contribution in [0.1, 0.15) is 66.6 Å². The normalized spacial score (nSPS) is 26.7.